The smallest absolute Gasteiger partial charge is 0.252 e. The van der Waals surface area contributed by atoms with Gasteiger partial charge in [-0.1, -0.05) is 31.5 Å². The zero-order valence-corrected chi connectivity index (χ0v) is 24.5. The Kier molecular flexibility index (Phi) is 9.35. The molecule has 39 heavy (non-hydrogen) atoms. The Morgan fingerprint density at radius 3 is 2.36 bits per heavy atom. The van der Waals surface area contributed by atoms with Gasteiger partial charge in [-0.05, 0) is 61.0 Å². The lowest BCUT2D eigenvalue weighted by Gasteiger charge is -2.31. The first kappa shape index (κ1) is 30.5. The van der Waals surface area contributed by atoms with E-state index in [1.54, 1.807) is 41.5 Å². The largest absolute Gasteiger partial charge is 0.389 e. The van der Waals surface area contributed by atoms with Crippen LogP contribution in [-0.4, -0.2) is 61.4 Å². The van der Waals surface area contributed by atoms with Crippen LogP contribution in [0.4, 0.5) is 5.82 Å². The van der Waals surface area contributed by atoms with Crippen molar-refractivity contribution in [3.8, 4) is 0 Å². The van der Waals surface area contributed by atoms with Gasteiger partial charge in [0, 0.05) is 18.6 Å². The number of unbranched alkanes of at least 4 members (excludes halogenated alkanes) is 1. The summed E-state index contributed by atoms with van der Waals surface area (Å²) in [6, 6.07) is 7.58. The van der Waals surface area contributed by atoms with Crippen LogP contribution in [0.25, 0.3) is 21.9 Å². The fourth-order valence-corrected chi connectivity index (χ4v) is 4.12. The van der Waals surface area contributed by atoms with Gasteiger partial charge in [0.05, 0.1) is 23.2 Å². The Morgan fingerprint density at radius 2 is 1.72 bits per heavy atom. The minimum Gasteiger partial charge on any atom is -0.389 e. The van der Waals surface area contributed by atoms with Gasteiger partial charge in [-0.3, -0.25) is 9.59 Å². The highest BCUT2D eigenvalue weighted by atomic mass is 16.5. The maximum Gasteiger partial charge on any atom is 0.252 e. The molecule has 2 aromatic heterocycles. The van der Waals surface area contributed by atoms with E-state index in [2.05, 4.69) is 17.6 Å². The van der Waals surface area contributed by atoms with Crippen molar-refractivity contribution in [1.29, 1.82) is 0 Å². The number of carbonyl (C=O) groups excluding carboxylic acids is 2. The normalized spacial score (nSPS) is 12.7. The monoisotopic (exact) mass is 541 g/mol. The van der Waals surface area contributed by atoms with Gasteiger partial charge < -0.3 is 29.8 Å². The number of rotatable bonds is 13. The fraction of sp³-hybridized carbons (Fsp3) is 0.586. The summed E-state index contributed by atoms with van der Waals surface area (Å²) in [7, 11) is 0. The zero-order valence-electron chi connectivity index (χ0n) is 24.5. The number of hydrogen-bond donors (Lipinski definition) is 3. The molecule has 0 aliphatic rings. The number of nitrogens with zero attached hydrogens (tertiary/aromatic N) is 3. The van der Waals surface area contributed by atoms with E-state index in [-0.39, 0.29) is 24.9 Å². The van der Waals surface area contributed by atoms with Crippen LogP contribution < -0.4 is 10.6 Å². The summed E-state index contributed by atoms with van der Waals surface area (Å²) in [5.41, 5.74) is -1.52. The predicted octanol–water partition coefficient (Wildman–Crippen LogP) is 4.32. The van der Waals surface area contributed by atoms with Gasteiger partial charge in [0.15, 0.2) is 5.82 Å². The lowest BCUT2D eigenvalue weighted by molar-refractivity contribution is -0.146. The van der Waals surface area contributed by atoms with Gasteiger partial charge in [0.25, 0.3) is 11.8 Å². The Morgan fingerprint density at radius 1 is 1.03 bits per heavy atom. The number of aliphatic hydroxyl groups is 1. The van der Waals surface area contributed by atoms with Crippen LogP contribution in [0.2, 0.25) is 0 Å². The average Bonchev–Trinajstić information content (AvgIpc) is 3.19. The lowest BCUT2D eigenvalue weighted by atomic mass is 10.0. The molecule has 214 valence electrons. The average molecular weight is 542 g/mol. The standard InChI is InChI=1S/C29H43N5O5/c1-9-11-16-39-29(7,8)26(36)33-28(5,6)25(35)32-24-22-23(19-14-12-13-15-20(19)30-24)34(18-27(3,4)37)21(31-22)17-38-10-2/h12-15,37H,9-11,16-18H2,1-8H3,(H,33,36)(H,30,32,35). The van der Waals surface area contributed by atoms with E-state index in [1.165, 1.54) is 0 Å². The summed E-state index contributed by atoms with van der Waals surface area (Å²) >= 11 is 0. The molecule has 2 heterocycles. The maximum atomic E-state index is 13.5. The van der Waals surface area contributed by atoms with E-state index in [9.17, 15) is 14.7 Å². The molecule has 0 atom stereocenters. The Labute approximate surface area is 230 Å². The van der Waals surface area contributed by atoms with E-state index in [4.69, 9.17) is 19.4 Å². The van der Waals surface area contributed by atoms with Crippen molar-refractivity contribution in [3.63, 3.8) is 0 Å². The van der Waals surface area contributed by atoms with Crippen molar-refractivity contribution in [1.82, 2.24) is 19.9 Å². The summed E-state index contributed by atoms with van der Waals surface area (Å²) in [4.78, 5) is 36.1. The first-order chi connectivity index (χ1) is 18.2. The number of aromatic nitrogens is 3. The summed E-state index contributed by atoms with van der Waals surface area (Å²) in [6.45, 7) is 15.5. The topological polar surface area (TPSA) is 128 Å². The molecular formula is C29H43N5O5. The highest BCUT2D eigenvalue weighted by Crippen LogP contribution is 2.32. The van der Waals surface area contributed by atoms with Crippen LogP contribution in [-0.2, 0) is 32.2 Å². The van der Waals surface area contributed by atoms with Gasteiger partial charge in [0.2, 0.25) is 0 Å². The molecule has 3 N–H and O–H groups in total. The molecule has 2 amide bonds. The van der Waals surface area contributed by atoms with Crippen LogP contribution in [0.5, 0.6) is 0 Å². The molecule has 0 saturated heterocycles. The number of nitrogens with one attached hydrogen (secondary N) is 2. The number of hydrogen-bond acceptors (Lipinski definition) is 7. The van der Waals surface area contributed by atoms with E-state index >= 15 is 0 Å². The molecule has 10 nitrogen and oxygen atoms in total. The third-order valence-electron chi connectivity index (χ3n) is 6.38. The van der Waals surface area contributed by atoms with Crippen LogP contribution in [0.15, 0.2) is 24.3 Å². The van der Waals surface area contributed by atoms with Crippen molar-refractivity contribution in [2.24, 2.45) is 0 Å². The number of para-hydroxylation sites is 1. The van der Waals surface area contributed by atoms with Crippen molar-refractivity contribution in [2.45, 2.75) is 98.1 Å². The second-order valence-electron chi connectivity index (χ2n) is 11.5. The number of fused-ring (bicyclic) bond motifs is 3. The van der Waals surface area contributed by atoms with Crippen LogP contribution >= 0.6 is 0 Å². The quantitative estimate of drug-likeness (QED) is 0.275. The molecule has 0 fully saturated rings. The molecule has 0 unspecified atom stereocenters. The maximum absolute atomic E-state index is 13.5. The molecule has 0 spiro atoms. The second-order valence-corrected chi connectivity index (χ2v) is 11.5. The number of carbonyl (C=O) groups is 2. The highest BCUT2D eigenvalue weighted by molar-refractivity contribution is 6.11. The zero-order chi connectivity index (χ0) is 29.0. The van der Waals surface area contributed by atoms with Crippen molar-refractivity contribution >= 4 is 39.6 Å². The molecule has 0 aliphatic heterocycles. The third kappa shape index (κ3) is 7.32. The van der Waals surface area contributed by atoms with Crippen molar-refractivity contribution in [2.75, 3.05) is 18.5 Å². The van der Waals surface area contributed by atoms with Crippen LogP contribution in [0.3, 0.4) is 0 Å². The molecule has 0 aliphatic carbocycles. The van der Waals surface area contributed by atoms with Gasteiger partial charge in [0.1, 0.15) is 29.1 Å². The summed E-state index contributed by atoms with van der Waals surface area (Å²) < 4.78 is 13.4. The summed E-state index contributed by atoms with van der Waals surface area (Å²) in [5, 5.41) is 17.2. The molecule has 3 rings (SSSR count). The molecule has 10 heteroatoms. The van der Waals surface area contributed by atoms with Gasteiger partial charge in [-0.15, -0.1) is 0 Å². The van der Waals surface area contributed by atoms with Crippen molar-refractivity contribution < 1.29 is 24.2 Å². The number of benzene rings is 1. The van der Waals surface area contributed by atoms with E-state index in [0.29, 0.717) is 30.1 Å². The number of anilines is 1. The molecule has 1 aromatic carbocycles. The van der Waals surface area contributed by atoms with Crippen LogP contribution in [0.1, 0.15) is 74.1 Å². The van der Waals surface area contributed by atoms with Crippen molar-refractivity contribution in [3.05, 3.63) is 30.1 Å². The van der Waals surface area contributed by atoms with Crippen LogP contribution in [0, 0.1) is 0 Å². The molecule has 0 radical (unpaired) electrons. The second kappa shape index (κ2) is 12.0. The number of pyridine rings is 1. The lowest BCUT2D eigenvalue weighted by Crippen LogP contribution is -2.58. The third-order valence-corrected chi connectivity index (χ3v) is 6.38. The fourth-order valence-electron chi connectivity index (χ4n) is 4.12. The highest BCUT2D eigenvalue weighted by Gasteiger charge is 2.37. The molecule has 3 aromatic rings. The Balaban J connectivity index is 2.02. The first-order valence-corrected chi connectivity index (χ1v) is 13.6. The number of amides is 2. The van der Waals surface area contributed by atoms with Gasteiger partial charge in [-0.2, -0.15) is 0 Å². The van der Waals surface area contributed by atoms with Gasteiger partial charge in [-0.25, -0.2) is 9.97 Å². The molecular weight excluding hydrogens is 498 g/mol. The predicted molar refractivity (Wildman–Crippen MR) is 152 cm³/mol. The number of ether oxygens (including phenoxy) is 2. The number of imidazole rings is 1. The first-order valence-electron chi connectivity index (χ1n) is 13.6. The summed E-state index contributed by atoms with van der Waals surface area (Å²) in [5.74, 6) is 0.0411. The van der Waals surface area contributed by atoms with E-state index in [0.717, 1.165) is 23.7 Å². The van der Waals surface area contributed by atoms with E-state index < -0.39 is 22.6 Å². The Hall–Kier alpha value is -3.08. The minimum absolute atomic E-state index is 0.234. The SMILES string of the molecule is CCCCOC(C)(C)C(=O)NC(C)(C)C(=O)Nc1nc2ccccc2c2c1nc(COCC)n2CC(C)(C)O. The molecule has 0 bridgehead atoms. The summed E-state index contributed by atoms with van der Waals surface area (Å²) in [6.07, 6.45) is 1.80. The van der Waals surface area contributed by atoms with Gasteiger partial charge >= 0.3 is 0 Å². The van der Waals surface area contributed by atoms with E-state index in [1.807, 2.05) is 35.8 Å². The Bertz CT molecular complexity index is 1320. The molecule has 0 saturated carbocycles. The minimum atomic E-state index is -1.27.